The molecular formula is C16H16N6O. The summed E-state index contributed by atoms with van der Waals surface area (Å²) < 4.78 is 0. The molecule has 1 aliphatic carbocycles. The van der Waals surface area contributed by atoms with Gasteiger partial charge in [-0.2, -0.15) is 5.10 Å². The van der Waals surface area contributed by atoms with Crippen LogP contribution in [0, 0.1) is 5.92 Å². The molecule has 0 atom stereocenters. The number of benzene rings is 1. The van der Waals surface area contributed by atoms with Crippen LogP contribution in [0.2, 0.25) is 0 Å². The first-order chi connectivity index (χ1) is 11.3. The van der Waals surface area contributed by atoms with E-state index in [1.807, 2.05) is 24.3 Å². The van der Waals surface area contributed by atoms with Crippen molar-refractivity contribution in [3.63, 3.8) is 0 Å². The number of nitrogens with zero attached hydrogens (tertiary/aromatic N) is 3. The van der Waals surface area contributed by atoms with Gasteiger partial charge in [0.2, 0.25) is 5.91 Å². The molecule has 2 aromatic heterocycles. The van der Waals surface area contributed by atoms with Crippen LogP contribution in [0.1, 0.15) is 18.4 Å². The van der Waals surface area contributed by atoms with Gasteiger partial charge >= 0.3 is 0 Å². The Balaban J connectivity index is 1.46. The number of carbonyl (C=O) groups excluding carboxylic acids is 1. The van der Waals surface area contributed by atoms with E-state index in [1.54, 1.807) is 6.20 Å². The Hall–Kier alpha value is -2.96. The lowest BCUT2D eigenvalue weighted by Gasteiger charge is -2.09. The van der Waals surface area contributed by atoms with Crippen molar-refractivity contribution >= 4 is 28.4 Å². The van der Waals surface area contributed by atoms with Crippen molar-refractivity contribution in [3.05, 3.63) is 42.4 Å². The molecule has 0 aliphatic heterocycles. The lowest BCUT2D eigenvalue weighted by Crippen LogP contribution is -2.13. The number of carbonyl (C=O) groups is 1. The van der Waals surface area contributed by atoms with Crippen molar-refractivity contribution in [1.29, 1.82) is 0 Å². The zero-order valence-electron chi connectivity index (χ0n) is 12.4. The molecule has 4 rings (SSSR count). The quantitative estimate of drug-likeness (QED) is 0.672. The maximum Gasteiger partial charge on any atom is 0.227 e. The molecule has 0 saturated heterocycles. The van der Waals surface area contributed by atoms with E-state index in [9.17, 15) is 4.79 Å². The van der Waals surface area contributed by atoms with Gasteiger partial charge in [-0.1, -0.05) is 12.1 Å². The number of amides is 1. The van der Waals surface area contributed by atoms with E-state index < -0.39 is 0 Å². The van der Waals surface area contributed by atoms with Crippen LogP contribution >= 0.6 is 0 Å². The maximum atomic E-state index is 11.8. The molecule has 7 heteroatoms. The SMILES string of the molecule is O=C(Nc1cccc(CNc2ncnc3[nH]ncc23)c1)C1CC1. The zero-order valence-corrected chi connectivity index (χ0v) is 12.4. The summed E-state index contributed by atoms with van der Waals surface area (Å²) >= 11 is 0. The van der Waals surface area contributed by atoms with Crippen molar-refractivity contribution < 1.29 is 4.79 Å². The number of H-pyrrole nitrogens is 1. The van der Waals surface area contributed by atoms with Crippen molar-refractivity contribution in [1.82, 2.24) is 20.2 Å². The normalized spacial score (nSPS) is 13.9. The van der Waals surface area contributed by atoms with Crippen LogP contribution in [0.25, 0.3) is 11.0 Å². The zero-order chi connectivity index (χ0) is 15.6. The summed E-state index contributed by atoms with van der Waals surface area (Å²) in [6, 6.07) is 7.82. The second-order valence-electron chi connectivity index (χ2n) is 5.67. The lowest BCUT2D eigenvalue weighted by atomic mass is 10.2. The first-order valence-electron chi connectivity index (χ1n) is 7.57. The van der Waals surface area contributed by atoms with Crippen molar-refractivity contribution in [2.45, 2.75) is 19.4 Å². The topological polar surface area (TPSA) is 95.6 Å². The molecule has 0 unspecified atom stereocenters. The highest BCUT2D eigenvalue weighted by molar-refractivity contribution is 5.94. The van der Waals surface area contributed by atoms with Crippen LogP contribution in [-0.4, -0.2) is 26.1 Å². The van der Waals surface area contributed by atoms with E-state index in [4.69, 9.17) is 0 Å². The Morgan fingerprint density at radius 2 is 2.22 bits per heavy atom. The average Bonchev–Trinajstić information content (AvgIpc) is 3.31. The van der Waals surface area contributed by atoms with Crippen LogP contribution in [0.3, 0.4) is 0 Å². The Bertz CT molecular complexity index is 854. The molecule has 1 aromatic carbocycles. The summed E-state index contributed by atoms with van der Waals surface area (Å²) in [5.74, 6) is 1.05. The number of hydrogen-bond donors (Lipinski definition) is 3. The molecule has 23 heavy (non-hydrogen) atoms. The Morgan fingerprint density at radius 3 is 3.09 bits per heavy atom. The van der Waals surface area contributed by atoms with Crippen LogP contribution in [0.5, 0.6) is 0 Å². The van der Waals surface area contributed by atoms with Crippen molar-refractivity contribution in [2.75, 3.05) is 10.6 Å². The van der Waals surface area contributed by atoms with Gasteiger partial charge in [-0.05, 0) is 30.5 Å². The fourth-order valence-electron chi connectivity index (χ4n) is 2.44. The molecule has 3 aromatic rings. The van der Waals surface area contributed by atoms with Gasteiger partial charge in [0.25, 0.3) is 0 Å². The minimum absolute atomic E-state index is 0.117. The van der Waals surface area contributed by atoms with Gasteiger partial charge in [-0.25, -0.2) is 9.97 Å². The van der Waals surface area contributed by atoms with E-state index in [2.05, 4.69) is 30.8 Å². The summed E-state index contributed by atoms with van der Waals surface area (Å²) in [5.41, 5.74) is 2.60. The van der Waals surface area contributed by atoms with Crippen LogP contribution in [-0.2, 0) is 11.3 Å². The highest BCUT2D eigenvalue weighted by Gasteiger charge is 2.29. The largest absolute Gasteiger partial charge is 0.365 e. The number of fused-ring (bicyclic) bond motifs is 1. The van der Waals surface area contributed by atoms with Crippen molar-refractivity contribution in [3.8, 4) is 0 Å². The first kappa shape index (κ1) is 13.7. The molecule has 1 saturated carbocycles. The molecular weight excluding hydrogens is 292 g/mol. The molecule has 2 heterocycles. The molecule has 1 aliphatic rings. The van der Waals surface area contributed by atoms with Gasteiger partial charge in [-0.3, -0.25) is 9.89 Å². The van der Waals surface area contributed by atoms with E-state index in [1.165, 1.54) is 6.33 Å². The summed E-state index contributed by atoms with van der Waals surface area (Å²) in [6.07, 6.45) is 5.20. The molecule has 116 valence electrons. The molecule has 7 nitrogen and oxygen atoms in total. The molecule has 0 spiro atoms. The van der Waals surface area contributed by atoms with E-state index in [-0.39, 0.29) is 11.8 Å². The fourth-order valence-corrected chi connectivity index (χ4v) is 2.44. The monoisotopic (exact) mass is 308 g/mol. The second kappa shape index (κ2) is 5.68. The first-order valence-corrected chi connectivity index (χ1v) is 7.57. The summed E-state index contributed by atoms with van der Waals surface area (Å²) in [6.45, 7) is 0.602. The van der Waals surface area contributed by atoms with Gasteiger partial charge in [0.15, 0.2) is 5.65 Å². The lowest BCUT2D eigenvalue weighted by molar-refractivity contribution is -0.117. The number of aromatic amines is 1. The molecule has 1 amide bonds. The Kier molecular flexibility index (Phi) is 3.38. The highest BCUT2D eigenvalue weighted by atomic mass is 16.2. The Labute approximate surface area is 132 Å². The third-order valence-electron chi connectivity index (χ3n) is 3.85. The van der Waals surface area contributed by atoms with E-state index in [0.717, 1.165) is 35.3 Å². The predicted octanol–water partition coefficient (Wildman–Crippen LogP) is 2.31. The van der Waals surface area contributed by atoms with Gasteiger partial charge < -0.3 is 10.6 Å². The number of hydrogen-bond acceptors (Lipinski definition) is 5. The highest BCUT2D eigenvalue weighted by Crippen LogP contribution is 2.30. The Morgan fingerprint density at radius 1 is 1.30 bits per heavy atom. The predicted molar refractivity (Wildman–Crippen MR) is 86.8 cm³/mol. The van der Waals surface area contributed by atoms with E-state index >= 15 is 0 Å². The summed E-state index contributed by atoms with van der Waals surface area (Å²) in [7, 11) is 0. The van der Waals surface area contributed by atoms with Gasteiger partial charge in [0.1, 0.15) is 12.1 Å². The summed E-state index contributed by atoms with van der Waals surface area (Å²) in [4.78, 5) is 20.2. The van der Waals surface area contributed by atoms with Crippen LogP contribution in [0.15, 0.2) is 36.8 Å². The third kappa shape index (κ3) is 2.98. The smallest absolute Gasteiger partial charge is 0.227 e. The summed E-state index contributed by atoms with van der Waals surface area (Å²) in [5, 5.41) is 13.9. The molecule has 0 radical (unpaired) electrons. The number of aromatic nitrogens is 4. The minimum Gasteiger partial charge on any atom is -0.365 e. The third-order valence-corrected chi connectivity index (χ3v) is 3.85. The number of nitrogens with one attached hydrogen (secondary N) is 3. The average molecular weight is 308 g/mol. The second-order valence-corrected chi connectivity index (χ2v) is 5.67. The van der Waals surface area contributed by atoms with Gasteiger partial charge in [-0.15, -0.1) is 0 Å². The van der Waals surface area contributed by atoms with Gasteiger partial charge in [0.05, 0.1) is 11.6 Å². The molecule has 1 fully saturated rings. The molecule has 3 N–H and O–H groups in total. The van der Waals surface area contributed by atoms with Crippen LogP contribution in [0.4, 0.5) is 11.5 Å². The van der Waals surface area contributed by atoms with E-state index in [0.29, 0.717) is 12.2 Å². The maximum absolute atomic E-state index is 11.8. The molecule has 0 bridgehead atoms. The fraction of sp³-hybridized carbons (Fsp3) is 0.250. The van der Waals surface area contributed by atoms with Crippen LogP contribution < -0.4 is 10.6 Å². The number of anilines is 2. The van der Waals surface area contributed by atoms with Crippen molar-refractivity contribution in [2.24, 2.45) is 5.92 Å². The standard InChI is InChI=1S/C16H16N6O/c23-16(11-4-5-11)21-12-3-1-2-10(6-12)7-17-14-13-8-20-22-15(13)19-9-18-14/h1-3,6,8-9,11H,4-5,7H2,(H,21,23)(H2,17,18,19,20,22). The van der Waals surface area contributed by atoms with Gasteiger partial charge in [0, 0.05) is 18.2 Å². The number of rotatable bonds is 5. The minimum atomic E-state index is 0.117.